The van der Waals surface area contributed by atoms with Gasteiger partial charge in [-0.05, 0) is 6.07 Å². The smallest absolute Gasteiger partial charge is 0.387 e. The summed E-state index contributed by atoms with van der Waals surface area (Å²) in [6.07, 6.45) is -10.6. The van der Waals surface area contributed by atoms with Crippen molar-refractivity contribution in [2.75, 3.05) is 0 Å². The molecule has 2 nitrogen and oxygen atoms in total. The molecular weight excluding hydrogens is 283 g/mol. The first-order valence-electron chi connectivity index (χ1n) is 3.69. The third-order valence-corrected chi connectivity index (χ3v) is 1.68. The monoisotopic (exact) mass is 283 g/mol. The minimum atomic E-state index is -5.42. The van der Waals surface area contributed by atoms with E-state index in [2.05, 4.69) is 9.72 Å². The molecule has 17 heavy (non-hydrogen) atoms. The molecule has 0 unspecified atom stereocenters. The van der Waals surface area contributed by atoms with Gasteiger partial charge >= 0.3 is 12.5 Å². The number of ether oxygens (including phenoxy) is 1. The molecule has 0 aliphatic carbocycles. The van der Waals surface area contributed by atoms with Crippen LogP contribution in [0.15, 0.2) is 6.07 Å². The van der Waals surface area contributed by atoms with E-state index in [1.165, 1.54) is 0 Å². The zero-order valence-electron chi connectivity index (χ0n) is 7.46. The summed E-state index contributed by atoms with van der Waals surface area (Å²) in [6.45, 7) is 0. The molecule has 0 aliphatic heterocycles. The number of halogens is 8. The molecule has 1 heterocycles. The second kappa shape index (κ2) is 4.21. The van der Waals surface area contributed by atoms with E-state index in [-0.39, 0.29) is 6.07 Å². The van der Waals surface area contributed by atoms with Gasteiger partial charge in [0, 0.05) is 0 Å². The van der Waals surface area contributed by atoms with Crippen LogP contribution < -0.4 is 4.74 Å². The molecular formula is C7HClF7NO. The molecule has 96 valence electrons. The highest BCUT2D eigenvalue weighted by Crippen LogP contribution is 2.38. The van der Waals surface area contributed by atoms with E-state index in [0.717, 1.165) is 0 Å². The van der Waals surface area contributed by atoms with Crippen LogP contribution in [0.25, 0.3) is 0 Å². The Labute approximate surface area is 94.0 Å². The Morgan fingerprint density at radius 1 is 1.12 bits per heavy atom. The van der Waals surface area contributed by atoms with Gasteiger partial charge in [0.2, 0.25) is 11.8 Å². The average Bonchev–Trinajstić information content (AvgIpc) is 2.06. The lowest BCUT2D eigenvalue weighted by Gasteiger charge is -2.14. The molecule has 0 spiro atoms. The highest BCUT2D eigenvalue weighted by Gasteiger charge is 2.41. The van der Waals surface area contributed by atoms with Gasteiger partial charge in [-0.1, -0.05) is 11.6 Å². The minimum absolute atomic E-state index is 0.0367. The van der Waals surface area contributed by atoms with E-state index in [1.54, 1.807) is 0 Å². The number of nitrogens with zero attached hydrogens (tertiary/aromatic N) is 1. The normalized spacial score (nSPS) is 12.7. The molecule has 10 heteroatoms. The van der Waals surface area contributed by atoms with Crippen molar-refractivity contribution in [2.45, 2.75) is 12.5 Å². The van der Waals surface area contributed by atoms with E-state index < -0.39 is 35.0 Å². The number of hydrogen-bond acceptors (Lipinski definition) is 2. The molecule has 0 atom stereocenters. The predicted molar refractivity (Wildman–Crippen MR) is 40.9 cm³/mol. The summed E-state index contributed by atoms with van der Waals surface area (Å²) in [7, 11) is 0. The van der Waals surface area contributed by atoms with Crippen molar-refractivity contribution in [1.82, 2.24) is 4.98 Å². The van der Waals surface area contributed by atoms with Crippen molar-refractivity contribution < 1.29 is 35.5 Å². The molecule has 0 aliphatic rings. The summed E-state index contributed by atoms with van der Waals surface area (Å²) >= 11 is 4.99. The number of hydrogen-bond donors (Lipinski definition) is 0. The van der Waals surface area contributed by atoms with Crippen LogP contribution in [0.2, 0.25) is 5.02 Å². The highest BCUT2D eigenvalue weighted by molar-refractivity contribution is 6.30. The summed E-state index contributed by atoms with van der Waals surface area (Å²) in [4.78, 5) is 2.36. The minimum Gasteiger partial charge on any atom is -0.387 e. The third kappa shape index (κ3) is 3.62. The number of pyridine rings is 1. The summed E-state index contributed by atoms with van der Waals surface area (Å²) in [5.74, 6) is -3.63. The lowest BCUT2D eigenvalue weighted by Crippen LogP contribution is -2.21. The van der Waals surface area contributed by atoms with E-state index in [9.17, 15) is 30.7 Å². The second-order valence-electron chi connectivity index (χ2n) is 2.66. The van der Waals surface area contributed by atoms with Gasteiger partial charge in [0.05, 0.1) is 5.02 Å². The van der Waals surface area contributed by atoms with Crippen molar-refractivity contribution >= 4 is 11.6 Å². The Hall–Kier alpha value is -1.25. The zero-order valence-corrected chi connectivity index (χ0v) is 8.21. The molecule has 0 saturated heterocycles. The third-order valence-electron chi connectivity index (χ3n) is 1.42. The maximum absolute atomic E-state index is 12.7. The maximum Gasteiger partial charge on any atom is 0.574 e. The first kappa shape index (κ1) is 13.8. The number of alkyl halides is 6. The summed E-state index contributed by atoms with van der Waals surface area (Å²) < 4.78 is 87.7. The first-order valence-corrected chi connectivity index (χ1v) is 4.07. The second-order valence-corrected chi connectivity index (χ2v) is 3.07. The quantitative estimate of drug-likeness (QED) is 0.578. The topological polar surface area (TPSA) is 22.1 Å². The standard InChI is InChI=1S/C7HClF7NO/c8-3-1-2(6(10,11)12)5(16-4(3)9)17-7(13,14)15/h1H. The maximum atomic E-state index is 12.7. The van der Waals surface area contributed by atoms with Gasteiger partial charge in [0.1, 0.15) is 5.56 Å². The van der Waals surface area contributed by atoms with Crippen LogP contribution in [0, 0.1) is 5.95 Å². The molecule has 0 radical (unpaired) electrons. The van der Waals surface area contributed by atoms with Crippen molar-refractivity contribution in [3.8, 4) is 5.88 Å². The van der Waals surface area contributed by atoms with E-state index >= 15 is 0 Å². The molecule has 0 aromatic carbocycles. The average molecular weight is 284 g/mol. The zero-order chi connectivity index (χ0) is 13.4. The molecule has 1 rings (SSSR count). The van der Waals surface area contributed by atoms with Crippen LogP contribution in [0.1, 0.15) is 5.56 Å². The molecule has 0 bridgehead atoms. The van der Waals surface area contributed by atoms with Gasteiger partial charge in [-0.2, -0.15) is 22.5 Å². The van der Waals surface area contributed by atoms with Gasteiger partial charge in [-0.15, -0.1) is 13.2 Å². The SMILES string of the molecule is Fc1nc(OC(F)(F)F)c(C(F)(F)F)cc1Cl. The lowest BCUT2D eigenvalue weighted by molar-refractivity contribution is -0.278. The van der Waals surface area contributed by atoms with Crippen LogP contribution in [0.4, 0.5) is 30.7 Å². The molecule has 0 saturated carbocycles. The molecule has 1 aromatic heterocycles. The van der Waals surface area contributed by atoms with Crippen molar-refractivity contribution in [3.63, 3.8) is 0 Å². The van der Waals surface area contributed by atoms with Gasteiger partial charge < -0.3 is 4.74 Å². The molecule has 0 fully saturated rings. The van der Waals surface area contributed by atoms with Crippen molar-refractivity contribution in [2.24, 2.45) is 0 Å². The van der Waals surface area contributed by atoms with Crippen LogP contribution in [0.3, 0.4) is 0 Å². The fraction of sp³-hybridized carbons (Fsp3) is 0.286. The van der Waals surface area contributed by atoms with Crippen molar-refractivity contribution in [1.29, 1.82) is 0 Å². The van der Waals surface area contributed by atoms with Crippen molar-refractivity contribution in [3.05, 3.63) is 22.6 Å². The molecule has 1 aromatic rings. The highest BCUT2D eigenvalue weighted by atomic mass is 35.5. The van der Waals surface area contributed by atoms with Gasteiger partial charge in [0.25, 0.3) is 0 Å². The van der Waals surface area contributed by atoms with Crippen LogP contribution in [-0.4, -0.2) is 11.3 Å². The number of rotatable bonds is 1. The summed E-state index contributed by atoms with van der Waals surface area (Å²) in [5, 5.41) is -1.06. The largest absolute Gasteiger partial charge is 0.574 e. The molecule has 0 N–H and O–H groups in total. The fourth-order valence-electron chi connectivity index (χ4n) is 0.841. The summed E-state index contributed by atoms with van der Waals surface area (Å²) in [6, 6.07) is -0.0367. The van der Waals surface area contributed by atoms with Crippen LogP contribution >= 0.6 is 11.6 Å². The van der Waals surface area contributed by atoms with E-state index in [0.29, 0.717) is 0 Å². The van der Waals surface area contributed by atoms with Gasteiger partial charge in [0.15, 0.2) is 0 Å². The Balaban J connectivity index is 3.32. The Morgan fingerprint density at radius 3 is 2.06 bits per heavy atom. The Kier molecular flexibility index (Phi) is 3.42. The van der Waals surface area contributed by atoms with Gasteiger partial charge in [-0.25, -0.2) is 0 Å². The lowest BCUT2D eigenvalue weighted by atomic mass is 10.2. The molecule has 0 amide bonds. The van der Waals surface area contributed by atoms with Crippen LogP contribution in [-0.2, 0) is 6.18 Å². The van der Waals surface area contributed by atoms with Gasteiger partial charge in [-0.3, -0.25) is 0 Å². The van der Waals surface area contributed by atoms with E-state index in [4.69, 9.17) is 11.6 Å². The summed E-state index contributed by atoms with van der Waals surface area (Å²) in [5.41, 5.74) is -1.92. The van der Waals surface area contributed by atoms with E-state index in [1.807, 2.05) is 0 Å². The first-order chi connectivity index (χ1) is 7.50. The fourth-order valence-corrected chi connectivity index (χ4v) is 0.993. The predicted octanol–water partition coefficient (Wildman–Crippen LogP) is 3.79. The Morgan fingerprint density at radius 2 is 1.65 bits per heavy atom. The Bertz CT molecular complexity index is 427. The van der Waals surface area contributed by atoms with Crippen LogP contribution in [0.5, 0.6) is 5.88 Å². The number of aromatic nitrogens is 1.